The van der Waals surface area contributed by atoms with Gasteiger partial charge in [-0.1, -0.05) is 130 Å². The smallest absolute Gasteiger partial charge is 0.310 e. The summed E-state index contributed by atoms with van der Waals surface area (Å²) in [7, 11) is 2.11. The van der Waals surface area contributed by atoms with Crippen molar-refractivity contribution in [1.29, 1.82) is 0 Å². The average Bonchev–Trinajstić information content (AvgIpc) is 3.02. The van der Waals surface area contributed by atoms with Gasteiger partial charge in [0.05, 0.1) is 12.5 Å². The first kappa shape index (κ1) is 40.9. The van der Waals surface area contributed by atoms with Gasteiger partial charge in [-0.25, -0.2) is 0 Å². The van der Waals surface area contributed by atoms with Crippen LogP contribution in [0.5, 0.6) is 0 Å². The van der Waals surface area contributed by atoms with Gasteiger partial charge in [-0.2, -0.15) is 0 Å². The number of nitrogens with zero attached hydrogens (tertiary/aromatic N) is 1. The standard InChI is InChI=1S/C39H75NO4/c1-5-8-11-13-14-15-18-22-29-37(44-39(42)36-28-25-32-40(4)33-36)30-23-19-16-17-20-24-31-38(41)43-34-35(26-10-7-3)27-21-12-9-6-2/h35-37H,5-34H2,1-4H3. The summed E-state index contributed by atoms with van der Waals surface area (Å²) in [5.74, 6) is 0.629. The summed E-state index contributed by atoms with van der Waals surface area (Å²) >= 11 is 0. The number of carbonyl (C=O) groups is 2. The van der Waals surface area contributed by atoms with E-state index >= 15 is 0 Å². The Morgan fingerprint density at radius 1 is 0.659 bits per heavy atom. The minimum absolute atomic E-state index is 0.00478. The fourth-order valence-corrected chi connectivity index (χ4v) is 6.68. The third-order valence-electron chi connectivity index (χ3n) is 9.69. The molecular weight excluding hydrogens is 546 g/mol. The van der Waals surface area contributed by atoms with E-state index in [1.807, 2.05) is 0 Å². The van der Waals surface area contributed by atoms with Crippen molar-refractivity contribution in [2.75, 3.05) is 26.7 Å². The van der Waals surface area contributed by atoms with Crippen molar-refractivity contribution >= 4 is 11.9 Å². The van der Waals surface area contributed by atoms with Gasteiger partial charge in [0.25, 0.3) is 0 Å². The molecule has 44 heavy (non-hydrogen) atoms. The molecule has 0 amide bonds. The van der Waals surface area contributed by atoms with Crippen LogP contribution < -0.4 is 0 Å². The maximum absolute atomic E-state index is 13.0. The molecule has 3 atom stereocenters. The predicted molar refractivity (Wildman–Crippen MR) is 187 cm³/mol. The van der Waals surface area contributed by atoms with E-state index in [0.29, 0.717) is 18.9 Å². The van der Waals surface area contributed by atoms with Gasteiger partial charge >= 0.3 is 11.9 Å². The molecule has 1 heterocycles. The zero-order valence-electron chi connectivity index (χ0n) is 30.0. The molecule has 0 saturated carbocycles. The van der Waals surface area contributed by atoms with Crippen molar-refractivity contribution in [3.63, 3.8) is 0 Å². The van der Waals surface area contributed by atoms with Gasteiger partial charge in [0, 0.05) is 13.0 Å². The van der Waals surface area contributed by atoms with Crippen molar-refractivity contribution in [1.82, 2.24) is 4.90 Å². The Bertz CT molecular complexity index is 669. The van der Waals surface area contributed by atoms with Crippen LogP contribution in [0.2, 0.25) is 0 Å². The summed E-state index contributed by atoms with van der Waals surface area (Å²) in [5, 5.41) is 0. The maximum Gasteiger partial charge on any atom is 0.310 e. The summed E-state index contributed by atoms with van der Waals surface area (Å²) in [4.78, 5) is 27.6. The molecule has 5 heteroatoms. The van der Waals surface area contributed by atoms with Crippen molar-refractivity contribution in [3.8, 4) is 0 Å². The molecule has 0 N–H and O–H groups in total. The number of carbonyl (C=O) groups excluding carboxylic acids is 2. The van der Waals surface area contributed by atoms with E-state index in [-0.39, 0.29) is 24.0 Å². The summed E-state index contributed by atoms with van der Waals surface area (Å²) < 4.78 is 11.8. The number of hydrogen-bond acceptors (Lipinski definition) is 5. The molecular formula is C39H75NO4. The molecule has 1 saturated heterocycles. The zero-order chi connectivity index (χ0) is 32.1. The van der Waals surface area contributed by atoms with Crippen molar-refractivity contribution < 1.29 is 19.1 Å². The highest BCUT2D eigenvalue weighted by Gasteiger charge is 2.27. The largest absolute Gasteiger partial charge is 0.465 e. The molecule has 0 bridgehead atoms. The van der Waals surface area contributed by atoms with Gasteiger partial charge in [-0.3, -0.25) is 9.59 Å². The summed E-state index contributed by atoms with van der Waals surface area (Å²) in [6, 6.07) is 0. The van der Waals surface area contributed by atoms with E-state index in [1.54, 1.807) is 0 Å². The Morgan fingerprint density at radius 3 is 1.75 bits per heavy atom. The van der Waals surface area contributed by atoms with Crippen LogP contribution in [0.25, 0.3) is 0 Å². The molecule has 1 fully saturated rings. The Labute approximate surface area is 274 Å². The van der Waals surface area contributed by atoms with Gasteiger partial charge in [0.1, 0.15) is 6.10 Å². The van der Waals surface area contributed by atoms with Crippen LogP contribution >= 0.6 is 0 Å². The van der Waals surface area contributed by atoms with Crippen LogP contribution in [0.4, 0.5) is 0 Å². The van der Waals surface area contributed by atoms with E-state index in [4.69, 9.17) is 9.47 Å². The lowest BCUT2D eigenvalue weighted by atomic mass is 9.96. The molecule has 0 spiro atoms. The third-order valence-corrected chi connectivity index (χ3v) is 9.69. The minimum Gasteiger partial charge on any atom is -0.465 e. The Morgan fingerprint density at radius 2 is 1.16 bits per heavy atom. The Balaban J connectivity index is 2.24. The molecule has 3 unspecified atom stereocenters. The fraction of sp³-hybridized carbons (Fsp3) is 0.949. The van der Waals surface area contributed by atoms with Gasteiger partial charge in [-0.05, 0) is 77.3 Å². The molecule has 1 aliphatic heterocycles. The van der Waals surface area contributed by atoms with E-state index < -0.39 is 0 Å². The molecule has 0 aromatic heterocycles. The number of likely N-dealkylation sites (tertiary alicyclic amines) is 1. The number of piperidine rings is 1. The maximum atomic E-state index is 13.0. The molecule has 1 aliphatic rings. The van der Waals surface area contributed by atoms with Crippen LogP contribution in [0.3, 0.4) is 0 Å². The number of unbranched alkanes of at least 4 members (excludes halogenated alkanes) is 16. The summed E-state index contributed by atoms with van der Waals surface area (Å²) in [6.07, 6.45) is 31.9. The average molecular weight is 622 g/mol. The first-order valence-electron chi connectivity index (χ1n) is 19.5. The molecule has 0 radical (unpaired) electrons. The normalized spacial score (nSPS) is 17.0. The van der Waals surface area contributed by atoms with Gasteiger partial charge in [-0.15, -0.1) is 0 Å². The molecule has 1 rings (SSSR count). The quantitative estimate of drug-likeness (QED) is 0.0590. The highest BCUT2D eigenvalue weighted by molar-refractivity contribution is 5.73. The highest BCUT2D eigenvalue weighted by atomic mass is 16.5. The third kappa shape index (κ3) is 23.3. The fourth-order valence-electron chi connectivity index (χ4n) is 6.68. The van der Waals surface area contributed by atoms with E-state index in [9.17, 15) is 9.59 Å². The van der Waals surface area contributed by atoms with E-state index in [2.05, 4.69) is 32.7 Å². The van der Waals surface area contributed by atoms with E-state index in [1.165, 1.54) is 122 Å². The number of hydrogen-bond donors (Lipinski definition) is 0. The second kappa shape index (κ2) is 29.3. The zero-order valence-corrected chi connectivity index (χ0v) is 30.0. The monoisotopic (exact) mass is 622 g/mol. The van der Waals surface area contributed by atoms with E-state index in [0.717, 1.165) is 58.0 Å². The number of esters is 2. The van der Waals surface area contributed by atoms with Gasteiger partial charge in [0.2, 0.25) is 0 Å². The van der Waals surface area contributed by atoms with Crippen LogP contribution in [0.15, 0.2) is 0 Å². The highest BCUT2D eigenvalue weighted by Crippen LogP contribution is 2.22. The molecule has 0 aromatic rings. The summed E-state index contributed by atoms with van der Waals surface area (Å²) in [6.45, 7) is 9.31. The lowest BCUT2D eigenvalue weighted by Crippen LogP contribution is -2.38. The lowest BCUT2D eigenvalue weighted by Gasteiger charge is -2.29. The molecule has 0 aromatic carbocycles. The molecule has 260 valence electrons. The molecule has 0 aliphatic carbocycles. The number of rotatable bonds is 30. The topological polar surface area (TPSA) is 55.8 Å². The van der Waals surface area contributed by atoms with Crippen LogP contribution in [-0.2, 0) is 19.1 Å². The van der Waals surface area contributed by atoms with Crippen LogP contribution in [0, 0.1) is 11.8 Å². The second-order valence-electron chi connectivity index (χ2n) is 14.1. The Kier molecular flexibility index (Phi) is 27.3. The minimum atomic E-state index is -0.00478. The number of ether oxygens (including phenoxy) is 2. The van der Waals surface area contributed by atoms with Gasteiger partial charge in [0.15, 0.2) is 0 Å². The van der Waals surface area contributed by atoms with Crippen molar-refractivity contribution in [2.45, 2.75) is 200 Å². The van der Waals surface area contributed by atoms with Gasteiger partial charge < -0.3 is 14.4 Å². The first-order chi connectivity index (χ1) is 21.5. The van der Waals surface area contributed by atoms with Crippen LogP contribution in [0.1, 0.15) is 194 Å². The second-order valence-corrected chi connectivity index (χ2v) is 14.1. The molecule has 5 nitrogen and oxygen atoms in total. The lowest BCUT2D eigenvalue weighted by molar-refractivity contribution is -0.156. The van der Waals surface area contributed by atoms with Crippen molar-refractivity contribution in [2.24, 2.45) is 11.8 Å². The van der Waals surface area contributed by atoms with Crippen molar-refractivity contribution in [3.05, 3.63) is 0 Å². The SMILES string of the molecule is CCCCCCCCCCC(CCCCCCCCC(=O)OCC(CCCC)CCCCCC)OC(=O)C1CCCN(C)C1. The first-order valence-corrected chi connectivity index (χ1v) is 19.5. The Hall–Kier alpha value is -1.10. The predicted octanol–water partition coefficient (Wildman–Crippen LogP) is 11.2. The van der Waals surface area contributed by atoms with Crippen LogP contribution in [-0.4, -0.2) is 49.7 Å². The summed E-state index contributed by atoms with van der Waals surface area (Å²) in [5.41, 5.74) is 0.